The van der Waals surface area contributed by atoms with Gasteiger partial charge in [-0.25, -0.2) is 8.78 Å². The fraction of sp³-hybridized carbons (Fsp3) is 0.600. The normalized spacial score (nSPS) is 20.2. The van der Waals surface area contributed by atoms with Crippen molar-refractivity contribution in [3.63, 3.8) is 0 Å². The zero-order valence-electron chi connectivity index (χ0n) is 11.2. The Labute approximate surface area is 112 Å². The Balaban J connectivity index is 2.12. The molecule has 0 spiro atoms. The van der Waals surface area contributed by atoms with Crippen LogP contribution in [-0.4, -0.2) is 23.9 Å². The van der Waals surface area contributed by atoms with E-state index in [1.165, 1.54) is 12.1 Å². The van der Waals surface area contributed by atoms with Crippen molar-refractivity contribution in [3.05, 3.63) is 35.4 Å². The van der Waals surface area contributed by atoms with Crippen LogP contribution in [-0.2, 0) is 11.2 Å². The number of hydrogen-bond acceptors (Lipinski definition) is 2. The Hall–Kier alpha value is -1.00. The van der Waals surface area contributed by atoms with Crippen LogP contribution in [0.1, 0.15) is 37.7 Å². The smallest absolute Gasteiger partial charge is 0.129 e. The summed E-state index contributed by atoms with van der Waals surface area (Å²) < 4.78 is 32.0. The van der Waals surface area contributed by atoms with E-state index in [0.29, 0.717) is 5.56 Å². The first-order valence-corrected chi connectivity index (χ1v) is 6.74. The quantitative estimate of drug-likeness (QED) is 0.910. The molecule has 1 unspecified atom stereocenters. The molecule has 19 heavy (non-hydrogen) atoms. The Bertz CT molecular complexity index is 428. The first-order chi connectivity index (χ1) is 9.07. The van der Waals surface area contributed by atoms with Gasteiger partial charge in [0, 0.05) is 19.6 Å². The summed E-state index contributed by atoms with van der Waals surface area (Å²) in [6.45, 7) is 0. The van der Waals surface area contributed by atoms with E-state index >= 15 is 0 Å². The predicted molar refractivity (Wildman–Crippen MR) is 68.9 cm³/mol. The lowest BCUT2D eigenvalue weighted by Crippen LogP contribution is -2.47. The molecule has 1 aliphatic rings. The average Bonchev–Trinajstić information content (AvgIpc) is 2.42. The number of halogens is 2. The predicted octanol–water partition coefficient (Wildman–Crippen LogP) is 3.22. The average molecular weight is 270 g/mol. The zero-order valence-corrected chi connectivity index (χ0v) is 11.2. The van der Waals surface area contributed by atoms with Gasteiger partial charge in [0.2, 0.25) is 0 Å². The second-order valence-electron chi connectivity index (χ2n) is 5.29. The molecule has 0 radical (unpaired) electrons. The van der Waals surface area contributed by atoms with Crippen molar-refractivity contribution in [2.75, 3.05) is 7.11 Å². The maximum Gasteiger partial charge on any atom is 0.129 e. The third-order valence-electron chi connectivity index (χ3n) is 4.14. The molecule has 0 bridgehead atoms. The molecule has 1 aromatic rings. The number of rotatable bonds is 4. The van der Waals surface area contributed by atoms with Crippen LogP contribution in [0.3, 0.4) is 0 Å². The number of aliphatic hydroxyl groups excluding tert-OH is 1. The summed E-state index contributed by atoms with van der Waals surface area (Å²) in [4.78, 5) is 0. The molecule has 4 heteroatoms. The Morgan fingerprint density at radius 2 is 1.95 bits per heavy atom. The van der Waals surface area contributed by atoms with Crippen LogP contribution in [0.4, 0.5) is 8.78 Å². The number of aliphatic hydroxyl groups is 1. The maximum atomic E-state index is 13.6. The van der Waals surface area contributed by atoms with Gasteiger partial charge in [0.25, 0.3) is 0 Å². The first-order valence-electron chi connectivity index (χ1n) is 6.74. The van der Waals surface area contributed by atoms with Gasteiger partial charge >= 0.3 is 0 Å². The van der Waals surface area contributed by atoms with Crippen molar-refractivity contribution in [1.29, 1.82) is 0 Å². The van der Waals surface area contributed by atoms with Crippen LogP contribution in [0.15, 0.2) is 18.2 Å². The molecule has 0 aliphatic heterocycles. The first kappa shape index (κ1) is 14.4. The molecule has 2 rings (SSSR count). The summed E-state index contributed by atoms with van der Waals surface area (Å²) in [6.07, 6.45) is 4.12. The lowest BCUT2D eigenvalue weighted by molar-refractivity contribution is -0.122. The van der Waals surface area contributed by atoms with Gasteiger partial charge in [-0.2, -0.15) is 0 Å². The lowest BCUT2D eigenvalue weighted by atomic mass is 9.78. The van der Waals surface area contributed by atoms with Crippen LogP contribution >= 0.6 is 0 Å². The molecule has 1 atom stereocenters. The summed E-state index contributed by atoms with van der Waals surface area (Å²) >= 11 is 0. The number of hydrogen-bond donors (Lipinski definition) is 1. The van der Waals surface area contributed by atoms with Crippen LogP contribution in [0.2, 0.25) is 0 Å². The Morgan fingerprint density at radius 3 is 2.53 bits per heavy atom. The van der Waals surface area contributed by atoms with Crippen molar-refractivity contribution in [2.24, 2.45) is 0 Å². The molecule has 1 aromatic carbocycles. The minimum absolute atomic E-state index is 0.153. The van der Waals surface area contributed by atoms with E-state index in [0.717, 1.165) is 38.2 Å². The van der Waals surface area contributed by atoms with E-state index < -0.39 is 23.3 Å². The third kappa shape index (κ3) is 3.12. The van der Waals surface area contributed by atoms with E-state index in [9.17, 15) is 13.9 Å². The van der Waals surface area contributed by atoms with Crippen molar-refractivity contribution in [3.8, 4) is 0 Å². The fourth-order valence-corrected chi connectivity index (χ4v) is 2.91. The van der Waals surface area contributed by atoms with E-state index in [2.05, 4.69) is 0 Å². The molecular formula is C15H20F2O2. The summed E-state index contributed by atoms with van der Waals surface area (Å²) in [6, 6.07) is 3.45. The van der Waals surface area contributed by atoms with Gasteiger partial charge < -0.3 is 9.84 Å². The van der Waals surface area contributed by atoms with Gasteiger partial charge in [-0.05, 0) is 24.5 Å². The monoisotopic (exact) mass is 270 g/mol. The molecule has 0 heterocycles. The van der Waals surface area contributed by atoms with Crippen LogP contribution in [0, 0.1) is 11.6 Å². The van der Waals surface area contributed by atoms with Crippen molar-refractivity contribution >= 4 is 0 Å². The molecule has 0 amide bonds. The number of methoxy groups -OCH3 is 1. The van der Waals surface area contributed by atoms with Crippen molar-refractivity contribution < 1.29 is 18.6 Å². The lowest BCUT2D eigenvalue weighted by Gasteiger charge is -2.40. The van der Waals surface area contributed by atoms with Gasteiger partial charge in [-0.3, -0.25) is 0 Å². The molecular weight excluding hydrogens is 250 g/mol. The molecule has 1 fully saturated rings. The van der Waals surface area contributed by atoms with E-state index in [4.69, 9.17) is 4.74 Å². The van der Waals surface area contributed by atoms with Crippen molar-refractivity contribution in [1.82, 2.24) is 0 Å². The molecule has 0 aromatic heterocycles. The highest BCUT2D eigenvalue weighted by Gasteiger charge is 2.39. The highest BCUT2D eigenvalue weighted by Crippen LogP contribution is 2.35. The summed E-state index contributed by atoms with van der Waals surface area (Å²) in [7, 11) is 1.59. The van der Waals surface area contributed by atoms with E-state index in [1.54, 1.807) is 7.11 Å². The second-order valence-corrected chi connectivity index (χ2v) is 5.29. The van der Waals surface area contributed by atoms with Crippen LogP contribution in [0.5, 0.6) is 0 Å². The standard InChI is InChI=1S/C15H20F2O2/c1-19-15(7-3-2-4-8-15)14(18)9-11-5-6-12(16)10-13(11)17/h5-6,10,14,18H,2-4,7-9H2,1H3. The van der Waals surface area contributed by atoms with Gasteiger partial charge in [0.1, 0.15) is 11.6 Å². The maximum absolute atomic E-state index is 13.6. The molecule has 1 saturated carbocycles. The third-order valence-corrected chi connectivity index (χ3v) is 4.14. The van der Waals surface area contributed by atoms with Crippen molar-refractivity contribution in [2.45, 2.75) is 50.2 Å². The fourth-order valence-electron chi connectivity index (χ4n) is 2.91. The number of ether oxygens (including phenoxy) is 1. The van der Waals surface area contributed by atoms with Crippen LogP contribution < -0.4 is 0 Å². The summed E-state index contributed by atoms with van der Waals surface area (Å²) in [5, 5.41) is 10.4. The molecule has 0 saturated heterocycles. The minimum atomic E-state index is -0.766. The van der Waals surface area contributed by atoms with E-state index in [-0.39, 0.29) is 6.42 Å². The minimum Gasteiger partial charge on any atom is -0.390 e. The van der Waals surface area contributed by atoms with Gasteiger partial charge in [0.15, 0.2) is 0 Å². The molecule has 1 aliphatic carbocycles. The second kappa shape index (κ2) is 5.97. The van der Waals surface area contributed by atoms with Gasteiger partial charge in [0.05, 0.1) is 11.7 Å². The van der Waals surface area contributed by atoms with Crippen LogP contribution in [0.25, 0.3) is 0 Å². The Morgan fingerprint density at radius 1 is 1.26 bits per heavy atom. The highest BCUT2D eigenvalue weighted by atomic mass is 19.1. The van der Waals surface area contributed by atoms with Gasteiger partial charge in [-0.15, -0.1) is 0 Å². The highest BCUT2D eigenvalue weighted by molar-refractivity contribution is 5.20. The largest absolute Gasteiger partial charge is 0.390 e. The Kier molecular flexibility index (Phi) is 4.53. The summed E-state index contributed by atoms with van der Waals surface area (Å²) in [5.41, 5.74) is -0.255. The SMILES string of the molecule is COC1(C(O)Cc2ccc(F)cc2F)CCCCC1. The number of benzene rings is 1. The summed E-state index contributed by atoms with van der Waals surface area (Å²) in [5.74, 6) is -1.21. The molecule has 106 valence electrons. The topological polar surface area (TPSA) is 29.5 Å². The molecule has 1 N–H and O–H groups in total. The van der Waals surface area contributed by atoms with Gasteiger partial charge in [-0.1, -0.05) is 25.3 Å². The zero-order chi connectivity index (χ0) is 13.9. The molecule has 2 nitrogen and oxygen atoms in total. The van der Waals surface area contributed by atoms with E-state index in [1.807, 2.05) is 0 Å².